The van der Waals surface area contributed by atoms with E-state index in [1.807, 2.05) is 6.26 Å². The molecule has 0 spiro atoms. The van der Waals surface area contributed by atoms with E-state index in [0.29, 0.717) is 17.7 Å². The topological polar surface area (TPSA) is 43.4 Å². The van der Waals surface area contributed by atoms with Crippen LogP contribution in [0.5, 0.6) is 5.75 Å². The van der Waals surface area contributed by atoms with E-state index in [2.05, 4.69) is 0 Å². The highest BCUT2D eigenvalue weighted by molar-refractivity contribution is 8.02. The summed E-state index contributed by atoms with van der Waals surface area (Å²) >= 11 is 1.42. The number of allylic oxidation sites excluding steroid dienone is 2. The van der Waals surface area contributed by atoms with Crippen LogP contribution in [0.1, 0.15) is 23.7 Å². The molecule has 0 N–H and O–H groups in total. The lowest BCUT2D eigenvalue weighted by Gasteiger charge is -2.02. The maximum atomic E-state index is 12.0. The van der Waals surface area contributed by atoms with Crippen LogP contribution in [-0.2, 0) is 4.79 Å². The predicted octanol–water partition coefficient (Wildman–Crippen LogP) is 3.10. The number of hydrogen-bond acceptors (Lipinski definition) is 4. The summed E-state index contributed by atoms with van der Waals surface area (Å²) in [6, 6.07) is 6.91. The second-order valence-corrected chi connectivity index (χ2v) is 4.72. The van der Waals surface area contributed by atoms with Crippen molar-refractivity contribution in [3.8, 4) is 5.75 Å². The summed E-state index contributed by atoms with van der Waals surface area (Å²) in [5, 5.41) is 0. The van der Waals surface area contributed by atoms with Crippen LogP contribution in [0.3, 0.4) is 0 Å². The van der Waals surface area contributed by atoms with Gasteiger partial charge in [0.15, 0.2) is 5.78 Å². The number of thioether (sulfide) groups is 1. The fraction of sp³-hybridized carbons (Fsp3) is 0.286. The molecule has 0 heterocycles. The van der Waals surface area contributed by atoms with Crippen molar-refractivity contribution in [1.82, 2.24) is 0 Å². The minimum absolute atomic E-state index is 0.0538. The van der Waals surface area contributed by atoms with Gasteiger partial charge in [0.1, 0.15) is 11.5 Å². The van der Waals surface area contributed by atoms with Crippen molar-refractivity contribution in [3.05, 3.63) is 40.8 Å². The first-order chi connectivity index (χ1) is 8.56. The maximum Gasteiger partial charge on any atom is 0.186 e. The van der Waals surface area contributed by atoms with Gasteiger partial charge in [0, 0.05) is 12.0 Å². The van der Waals surface area contributed by atoms with E-state index in [0.717, 1.165) is 4.91 Å². The van der Waals surface area contributed by atoms with E-state index >= 15 is 0 Å². The van der Waals surface area contributed by atoms with E-state index in [1.165, 1.54) is 24.8 Å². The molecule has 18 heavy (non-hydrogen) atoms. The second-order valence-electron chi connectivity index (χ2n) is 3.79. The molecule has 1 aromatic carbocycles. The summed E-state index contributed by atoms with van der Waals surface area (Å²) in [4.78, 5) is 23.8. The highest BCUT2D eigenvalue weighted by atomic mass is 32.2. The van der Waals surface area contributed by atoms with Crippen molar-refractivity contribution in [1.29, 1.82) is 0 Å². The van der Waals surface area contributed by atoms with E-state index in [-0.39, 0.29) is 11.6 Å². The molecule has 0 unspecified atom stereocenters. The number of carbonyl (C=O) groups is 2. The number of hydrogen-bond donors (Lipinski definition) is 0. The molecule has 96 valence electrons. The molecule has 0 amide bonds. The van der Waals surface area contributed by atoms with Gasteiger partial charge in [0.05, 0.1) is 7.11 Å². The normalized spacial score (nSPS) is 11.2. The molecule has 1 aromatic rings. The summed E-state index contributed by atoms with van der Waals surface area (Å²) in [6.45, 7) is 1.52. The van der Waals surface area contributed by atoms with Gasteiger partial charge in [-0.15, -0.1) is 11.8 Å². The summed E-state index contributed by atoms with van der Waals surface area (Å²) in [5.41, 5.74) is 0.589. The Morgan fingerprint density at radius 1 is 1.28 bits per heavy atom. The van der Waals surface area contributed by atoms with Crippen LogP contribution in [0.25, 0.3) is 0 Å². The molecule has 0 saturated carbocycles. The van der Waals surface area contributed by atoms with Crippen LogP contribution in [0, 0.1) is 0 Å². The molecule has 1 rings (SSSR count). The van der Waals surface area contributed by atoms with Gasteiger partial charge in [-0.1, -0.05) is 0 Å². The van der Waals surface area contributed by atoms with E-state index in [9.17, 15) is 9.59 Å². The van der Waals surface area contributed by atoms with Gasteiger partial charge in [-0.05, 0) is 48.4 Å². The molecular weight excluding hydrogens is 248 g/mol. The van der Waals surface area contributed by atoms with Gasteiger partial charge in [0.25, 0.3) is 0 Å². The molecule has 0 atom stereocenters. The molecule has 0 aliphatic rings. The molecule has 3 nitrogen and oxygen atoms in total. The Morgan fingerprint density at radius 2 is 1.89 bits per heavy atom. The number of Topliss-reactive ketones (excluding diaryl/α,β-unsaturated/α-hetero) is 1. The smallest absolute Gasteiger partial charge is 0.186 e. The lowest BCUT2D eigenvalue weighted by molar-refractivity contribution is -0.116. The van der Waals surface area contributed by atoms with Gasteiger partial charge in [-0.25, -0.2) is 0 Å². The molecule has 0 fully saturated rings. The van der Waals surface area contributed by atoms with E-state index in [1.54, 1.807) is 31.4 Å². The van der Waals surface area contributed by atoms with Gasteiger partial charge in [0.2, 0.25) is 0 Å². The Balaban J connectivity index is 2.84. The Labute approximate surface area is 111 Å². The molecular formula is C14H16O3S. The number of carbonyl (C=O) groups excluding carboxylic acids is 2. The van der Waals surface area contributed by atoms with Gasteiger partial charge < -0.3 is 4.74 Å². The number of methoxy groups -OCH3 is 1. The van der Waals surface area contributed by atoms with E-state index < -0.39 is 0 Å². The average Bonchev–Trinajstić information content (AvgIpc) is 2.37. The monoisotopic (exact) mass is 264 g/mol. The number of benzene rings is 1. The fourth-order valence-corrected chi connectivity index (χ4v) is 1.98. The van der Waals surface area contributed by atoms with Crippen LogP contribution >= 0.6 is 11.8 Å². The molecule has 0 radical (unpaired) electrons. The maximum absolute atomic E-state index is 12.0. The van der Waals surface area contributed by atoms with Crippen molar-refractivity contribution in [2.45, 2.75) is 13.3 Å². The zero-order chi connectivity index (χ0) is 13.5. The highest BCUT2D eigenvalue weighted by Gasteiger charge is 2.06. The molecule has 4 heteroatoms. The summed E-state index contributed by atoms with van der Waals surface area (Å²) < 4.78 is 5.03. The van der Waals surface area contributed by atoms with Crippen LogP contribution in [0.15, 0.2) is 35.2 Å². The predicted molar refractivity (Wildman–Crippen MR) is 74.2 cm³/mol. The third-order valence-corrected chi connectivity index (χ3v) is 3.14. The standard InChI is InChI=1S/C14H16O3S/c1-10(15)8-13(18-3)9-14(16)11-4-6-12(17-2)7-5-11/h4-7,9H,8H2,1-3H3/b13-9-. The van der Waals surface area contributed by atoms with Crippen LogP contribution in [-0.4, -0.2) is 24.9 Å². The largest absolute Gasteiger partial charge is 0.497 e. The average molecular weight is 264 g/mol. The highest BCUT2D eigenvalue weighted by Crippen LogP contribution is 2.18. The second kappa shape index (κ2) is 7.01. The number of ether oxygens (including phenoxy) is 1. The van der Waals surface area contributed by atoms with Crippen molar-refractivity contribution < 1.29 is 14.3 Å². The Morgan fingerprint density at radius 3 is 2.33 bits per heavy atom. The quantitative estimate of drug-likeness (QED) is 0.585. The Bertz CT molecular complexity index is 460. The lowest BCUT2D eigenvalue weighted by atomic mass is 10.1. The Hall–Kier alpha value is -1.55. The number of ketones is 2. The van der Waals surface area contributed by atoms with Crippen LogP contribution in [0.4, 0.5) is 0 Å². The van der Waals surface area contributed by atoms with E-state index in [4.69, 9.17) is 4.74 Å². The van der Waals surface area contributed by atoms with Crippen molar-refractivity contribution in [2.75, 3.05) is 13.4 Å². The third-order valence-electron chi connectivity index (χ3n) is 2.35. The lowest BCUT2D eigenvalue weighted by Crippen LogP contribution is -1.98. The summed E-state index contributed by atoms with van der Waals surface area (Å²) in [7, 11) is 1.58. The number of rotatable bonds is 6. The summed E-state index contributed by atoms with van der Waals surface area (Å²) in [6.07, 6.45) is 3.69. The molecule has 0 aliphatic carbocycles. The first-order valence-electron chi connectivity index (χ1n) is 5.49. The molecule has 0 aromatic heterocycles. The SMILES string of the molecule is COc1ccc(C(=O)/C=C(/CC(C)=O)SC)cc1. The third kappa shape index (κ3) is 4.37. The van der Waals surface area contributed by atoms with Crippen LogP contribution in [0.2, 0.25) is 0 Å². The van der Waals surface area contributed by atoms with Crippen LogP contribution < -0.4 is 4.74 Å². The minimum atomic E-state index is -0.0942. The first-order valence-corrected chi connectivity index (χ1v) is 6.71. The van der Waals surface area contributed by atoms with Gasteiger partial charge in [-0.2, -0.15) is 0 Å². The van der Waals surface area contributed by atoms with Gasteiger partial charge in [-0.3, -0.25) is 9.59 Å². The first kappa shape index (κ1) is 14.5. The van der Waals surface area contributed by atoms with Gasteiger partial charge >= 0.3 is 0 Å². The van der Waals surface area contributed by atoms with Crippen molar-refractivity contribution >= 4 is 23.3 Å². The fourth-order valence-electron chi connectivity index (χ4n) is 1.41. The minimum Gasteiger partial charge on any atom is -0.497 e. The van der Waals surface area contributed by atoms with Crippen molar-refractivity contribution in [3.63, 3.8) is 0 Å². The summed E-state index contributed by atoms with van der Waals surface area (Å²) in [5.74, 6) is 0.672. The zero-order valence-corrected chi connectivity index (χ0v) is 11.5. The molecule has 0 aliphatic heterocycles. The Kier molecular flexibility index (Phi) is 5.65. The zero-order valence-electron chi connectivity index (χ0n) is 10.7. The molecule has 0 saturated heterocycles. The van der Waals surface area contributed by atoms with Crippen molar-refractivity contribution in [2.24, 2.45) is 0 Å². The molecule has 0 bridgehead atoms.